The Morgan fingerprint density at radius 3 is 2.86 bits per heavy atom. The van der Waals surface area contributed by atoms with Crippen molar-refractivity contribution in [2.24, 2.45) is 11.1 Å². The zero-order valence-electron chi connectivity index (χ0n) is 20.6. The molecule has 3 N–H and O–H groups in total. The van der Waals surface area contributed by atoms with Crippen LogP contribution in [0, 0.1) is 5.41 Å². The predicted octanol–water partition coefficient (Wildman–Crippen LogP) is 4.08. The van der Waals surface area contributed by atoms with Crippen LogP contribution in [0.5, 0.6) is 5.75 Å². The average molecular weight is 513 g/mol. The van der Waals surface area contributed by atoms with Gasteiger partial charge in [-0.2, -0.15) is 4.98 Å². The number of hydrogen-bond acceptors (Lipinski definition) is 9. The number of anilines is 2. The first-order valence-corrected chi connectivity index (χ1v) is 13.3. The third-order valence-corrected chi connectivity index (χ3v) is 9.01. The molecule has 7 rings (SSSR count). The van der Waals surface area contributed by atoms with Gasteiger partial charge >= 0.3 is 0 Å². The van der Waals surface area contributed by atoms with Gasteiger partial charge in [-0.3, -0.25) is 4.98 Å². The second-order valence-electron chi connectivity index (χ2n) is 10.1. The van der Waals surface area contributed by atoms with Crippen LogP contribution in [0.15, 0.2) is 64.9 Å². The summed E-state index contributed by atoms with van der Waals surface area (Å²) in [5.41, 5.74) is 12.4. The third-order valence-electron chi connectivity index (χ3n) is 8.06. The smallest absolute Gasteiger partial charge is 0.206 e. The van der Waals surface area contributed by atoms with E-state index < -0.39 is 0 Å². The number of benzene rings is 1. The van der Waals surface area contributed by atoms with Crippen LogP contribution < -0.4 is 20.3 Å². The first-order chi connectivity index (χ1) is 18.0. The van der Waals surface area contributed by atoms with Crippen LogP contribution in [-0.2, 0) is 6.42 Å². The summed E-state index contributed by atoms with van der Waals surface area (Å²) in [6.07, 6.45) is 6.61. The maximum atomic E-state index is 6.72. The molecule has 0 bridgehead atoms. The topological polar surface area (TPSA) is 109 Å². The van der Waals surface area contributed by atoms with Crippen LogP contribution in [0.1, 0.15) is 30.1 Å². The molecule has 9 nitrogen and oxygen atoms in total. The number of likely N-dealkylation sites (N-methyl/N-ethyl adjacent to an activating group) is 1. The minimum atomic E-state index is 0.0440. The Kier molecular flexibility index (Phi) is 5.16. The van der Waals surface area contributed by atoms with Crippen LogP contribution in [0.25, 0.3) is 11.3 Å². The van der Waals surface area contributed by atoms with Crippen LogP contribution in [-0.4, -0.2) is 51.7 Å². The molecule has 1 aromatic carbocycles. The first kappa shape index (κ1) is 22.6. The number of imidazole rings is 1. The molecule has 2 aliphatic heterocycles. The van der Waals surface area contributed by atoms with Gasteiger partial charge in [-0.25, -0.2) is 9.97 Å². The van der Waals surface area contributed by atoms with E-state index in [0.29, 0.717) is 17.9 Å². The van der Waals surface area contributed by atoms with E-state index in [0.717, 1.165) is 71.0 Å². The fourth-order valence-corrected chi connectivity index (χ4v) is 6.67. The van der Waals surface area contributed by atoms with Crippen molar-refractivity contribution < 1.29 is 4.74 Å². The van der Waals surface area contributed by atoms with Crippen molar-refractivity contribution in [3.63, 3.8) is 0 Å². The lowest BCUT2D eigenvalue weighted by molar-refractivity contribution is 0.186. The van der Waals surface area contributed by atoms with E-state index in [1.165, 1.54) is 17.3 Å². The van der Waals surface area contributed by atoms with Crippen molar-refractivity contribution in [1.82, 2.24) is 24.9 Å². The molecule has 10 heteroatoms. The number of fused-ring (bicyclic) bond motifs is 3. The normalized spacial score (nSPS) is 20.3. The largest absolute Gasteiger partial charge is 0.484 e. The Hall–Kier alpha value is -3.63. The van der Waals surface area contributed by atoms with Gasteiger partial charge in [-0.15, -0.1) is 0 Å². The van der Waals surface area contributed by atoms with Gasteiger partial charge in [0.15, 0.2) is 17.0 Å². The van der Waals surface area contributed by atoms with Gasteiger partial charge in [0.1, 0.15) is 11.6 Å². The summed E-state index contributed by atoms with van der Waals surface area (Å²) in [7, 11) is 2.01. The van der Waals surface area contributed by atoms with E-state index in [-0.39, 0.29) is 11.5 Å². The van der Waals surface area contributed by atoms with Crippen LogP contribution in [0.2, 0.25) is 0 Å². The zero-order chi connectivity index (χ0) is 25.1. The molecule has 4 aromatic rings. The van der Waals surface area contributed by atoms with Gasteiger partial charge in [-0.1, -0.05) is 30.5 Å². The van der Waals surface area contributed by atoms with E-state index in [9.17, 15) is 0 Å². The van der Waals surface area contributed by atoms with Crippen molar-refractivity contribution >= 4 is 34.7 Å². The molecule has 1 spiro atoms. The molecule has 5 heterocycles. The Bertz CT molecular complexity index is 1530. The van der Waals surface area contributed by atoms with Gasteiger partial charge < -0.3 is 25.3 Å². The Morgan fingerprint density at radius 2 is 2.03 bits per heavy atom. The molecular weight excluding hydrogens is 484 g/mol. The number of rotatable bonds is 3. The van der Waals surface area contributed by atoms with E-state index in [4.69, 9.17) is 20.4 Å². The highest BCUT2D eigenvalue weighted by molar-refractivity contribution is 7.99. The second kappa shape index (κ2) is 8.46. The van der Waals surface area contributed by atoms with Crippen molar-refractivity contribution in [2.45, 2.75) is 35.2 Å². The molecule has 0 unspecified atom stereocenters. The van der Waals surface area contributed by atoms with Crippen molar-refractivity contribution in [1.29, 1.82) is 0 Å². The maximum absolute atomic E-state index is 6.72. The highest BCUT2D eigenvalue weighted by atomic mass is 32.2. The third kappa shape index (κ3) is 3.66. The molecule has 0 amide bonds. The Labute approximate surface area is 219 Å². The maximum Gasteiger partial charge on any atom is 0.206 e. The number of piperidine rings is 1. The van der Waals surface area contributed by atoms with E-state index >= 15 is 0 Å². The van der Waals surface area contributed by atoms with E-state index in [1.807, 2.05) is 37.5 Å². The van der Waals surface area contributed by atoms with E-state index in [1.54, 1.807) is 6.20 Å². The number of nitrogens with two attached hydrogens (primary N) is 1. The summed E-state index contributed by atoms with van der Waals surface area (Å²) in [6.45, 7) is 6.31. The van der Waals surface area contributed by atoms with Crippen molar-refractivity contribution in [2.75, 3.05) is 36.5 Å². The molecule has 1 fully saturated rings. The predicted molar refractivity (Wildman–Crippen MR) is 144 cm³/mol. The van der Waals surface area contributed by atoms with Gasteiger partial charge in [0, 0.05) is 43.8 Å². The number of para-hydroxylation sites is 1. The van der Waals surface area contributed by atoms with Crippen LogP contribution in [0.4, 0.5) is 11.6 Å². The lowest BCUT2D eigenvalue weighted by atomic mass is 9.73. The Balaban J connectivity index is 1.09. The number of H-pyrrole nitrogens is 1. The monoisotopic (exact) mass is 512 g/mol. The van der Waals surface area contributed by atoms with Crippen LogP contribution in [0.3, 0.4) is 0 Å². The lowest BCUT2D eigenvalue weighted by Gasteiger charge is -2.41. The average Bonchev–Trinajstić information content (AvgIpc) is 3.46. The summed E-state index contributed by atoms with van der Waals surface area (Å²) in [4.78, 5) is 27.5. The fourth-order valence-electron chi connectivity index (χ4n) is 5.80. The minimum Gasteiger partial charge on any atom is -0.484 e. The highest BCUT2D eigenvalue weighted by Crippen LogP contribution is 2.50. The van der Waals surface area contributed by atoms with E-state index in [2.05, 4.69) is 37.4 Å². The number of nitrogens with one attached hydrogen (secondary N) is 1. The van der Waals surface area contributed by atoms with Gasteiger partial charge in [-0.05, 0) is 48.4 Å². The number of nitrogens with zero attached hydrogens (tertiary/aromatic N) is 6. The zero-order valence-corrected chi connectivity index (χ0v) is 21.5. The quantitative estimate of drug-likeness (QED) is 0.420. The molecule has 1 saturated heterocycles. The number of aromatic amines is 1. The van der Waals surface area contributed by atoms with Crippen LogP contribution >= 0.6 is 11.8 Å². The van der Waals surface area contributed by atoms with Gasteiger partial charge in [0.05, 0.1) is 16.8 Å². The number of pyridine rings is 1. The molecule has 1 atom stereocenters. The molecule has 3 aromatic heterocycles. The molecule has 3 aliphatic rings. The standard InChI is InChI=1S/C27H28N8OS/c1-16-15-36-22-19(34(16)2)6-3-7-20(22)37-21-14-30-24-25(31-21)33-26(32-24)35-11-8-27(9-12-35)13-18-17(23(27)28)5-4-10-29-18/h3-7,10,14,23H,1,8-9,11-13,15,28H2,2H3,(H,30,31,32,33)/t23-/m1/s1. The molecule has 0 saturated carbocycles. The van der Waals surface area contributed by atoms with Crippen molar-refractivity contribution in [3.05, 3.63) is 66.3 Å². The fraction of sp³-hybridized carbons (Fsp3) is 0.333. The number of hydrogen-bond donors (Lipinski definition) is 2. The minimum absolute atomic E-state index is 0.0440. The summed E-state index contributed by atoms with van der Waals surface area (Å²) in [5.74, 6) is 1.66. The van der Waals surface area contributed by atoms with Crippen molar-refractivity contribution in [3.8, 4) is 5.75 Å². The summed E-state index contributed by atoms with van der Waals surface area (Å²) in [6, 6.07) is 10.3. The summed E-state index contributed by atoms with van der Waals surface area (Å²) >= 11 is 1.54. The number of aromatic nitrogens is 5. The molecule has 0 radical (unpaired) electrons. The summed E-state index contributed by atoms with van der Waals surface area (Å²) in [5, 5.41) is 0.784. The second-order valence-corrected chi connectivity index (χ2v) is 11.2. The first-order valence-electron chi connectivity index (χ1n) is 12.5. The molecular formula is C27H28N8OS. The molecule has 188 valence electrons. The number of ether oxygens (including phenoxy) is 1. The van der Waals surface area contributed by atoms with Gasteiger partial charge in [0.2, 0.25) is 5.95 Å². The highest BCUT2D eigenvalue weighted by Gasteiger charge is 2.46. The SMILES string of the molecule is C=C1COc2c(Sc3cnc4nc(N5CCC6(CC5)Cc5ncccc5[C@H]6N)[nH]c4n3)cccc2N1C. The lowest BCUT2D eigenvalue weighted by Crippen LogP contribution is -2.44. The molecule has 1 aliphatic carbocycles. The summed E-state index contributed by atoms with van der Waals surface area (Å²) < 4.78 is 6.00. The van der Waals surface area contributed by atoms with Gasteiger partial charge in [0.25, 0.3) is 0 Å². The molecule has 37 heavy (non-hydrogen) atoms. The Morgan fingerprint density at radius 1 is 1.16 bits per heavy atom.